The molecule has 3 N–H and O–H groups in total. The number of aromatic nitrogens is 1. The number of benzene rings is 1. The Morgan fingerprint density at radius 2 is 2.00 bits per heavy atom. The first-order chi connectivity index (χ1) is 11.6. The Morgan fingerprint density at radius 3 is 2.67 bits per heavy atom. The highest BCUT2D eigenvalue weighted by Crippen LogP contribution is 2.20. The molecule has 7 nitrogen and oxygen atoms in total. The molecule has 7 heteroatoms. The van der Waals surface area contributed by atoms with E-state index in [2.05, 4.69) is 20.9 Å². The Hall–Kier alpha value is -3.09. The van der Waals surface area contributed by atoms with Crippen molar-refractivity contribution in [3.05, 3.63) is 48.2 Å². The predicted molar refractivity (Wildman–Crippen MR) is 90.5 cm³/mol. The lowest BCUT2D eigenvalue weighted by molar-refractivity contribution is 0.0601. The highest BCUT2D eigenvalue weighted by molar-refractivity contribution is 5.91. The molecular weight excluding hydrogens is 308 g/mol. The zero-order valence-corrected chi connectivity index (χ0v) is 13.2. The number of anilines is 3. The van der Waals surface area contributed by atoms with E-state index in [0.29, 0.717) is 17.4 Å². The van der Waals surface area contributed by atoms with Crippen molar-refractivity contribution in [2.45, 2.75) is 18.9 Å². The fraction of sp³-hybridized carbons (Fsp3) is 0.235. The Labute approximate surface area is 139 Å². The maximum atomic E-state index is 11.6. The van der Waals surface area contributed by atoms with Crippen LogP contribution < -0.4 is 16.0 Å². The first-order valence-corrected chi connectivity index (χ1v) is 7.63. The number of carbonyl (C=O) groups is 2. The van der Waals surface area contributed by atoms with Crippen molar-refractivity contribution < 1.29 is 14.3 Å². The fourth-order valence-electron chi connectivity index (χ4n) is 2.12. The van der Waals surface area contributed by atoms with Crippen LogP contribution in [0.5, 0.6) is 0 Å². The summed E-state index contributed by atoms with van der Waals surface area (Å²) in [5, 5.41) is 8.66. The number of hydrogen-bond acceptors (Lipinski definition) is 5. The van der Waals surface area contributed by atoms with Crippen molar-refractivity contribution in [3.63, 3.8) is 0 Å². The van der Waals surface area contributed by atoms with Crippen molar-refractivity contribution >= 4 is 29.2 Å². The van der Waals surface area contributed by atoms with E-state index in [1.807, 2.05) is 6.07 Å². The largest absolute Gasteiger partial charge is 0.465 e. The zero-order chi connectivity index (χ0) is 16.9. The van der Waals surface area contributed by atoms with Gasteiger partial charge < -0.3 is 15.4 Å². The third kappa shape index (κ3) is 4.22. The first kappa shape index (κ1) is 15.8. The lowest BCUT2D eigenvalue weighted by atomic mass is 10.2. The number of carbonyl (C=O) groups excluding carboxylic acids is 2. The molecule has 3 rings (SSSR count). The van der Waals surface area contributed by atoms with Gasteiger partial charge in [-0.05, 0) is 43.2 Å². The van der Waals surface area contributed by atoms with Gasteiger partial charge in [-0.25, -0.2) is 14.6 Å². The van der Waals surface area contributed by atoms with Crippen molar-refractivity contribution in [1.82, 2.24) is 10.3 Å². The maximum absolute atomic E-state index is 11.6. The number of urea groups is 1. The number of nitrogens with zero attached hydrogens (tertiary/aromatic N) is 1. The number of ether oxygens (including phenoxy) is 1. The molecule has 1 aromatic carbocycles. The maximum Gasteiger partial charge on any atom is 0.337 e. The lowest BCUT2D eigenvalue weighted by Gasteiger charge is -2.09. The van der Waals surface area contributed by atoms with E-state index in [1.165, 1.54) is 7.11 Å². The quantitative estimate of drug-likeness (QED) is 0.735. The minimum atomic E-state index is -0.391. The molecule has 124 valence electrons. The number of esters is 1. The molecule has 1 saturated carbocycles. The SMILES string of the molecule is COC(=O)c1cccc(Nc2ccc(NC(=O)NC3CC3)nc2)c1. The van der Waals surface area contributed by atoms with Crippen molar-refractivity contribution in [3.8, 4) is 0 Å². The summed E-state index contributed by atoms with van der Waals surface area (Å²) in [6.45, 7) is 0. The minimum Gasteiger partial charge on any atom is -0.465 e. The topological polar surface area (TPSA) is 92.4 Å². The molecule has 1 aromatic heterocycles. The third-order valence-electron chi connectivity index (χ3n) is 3.49. The van der Waals surface area contributed by atoms with Crippen LogP contribution in [0.2, 0.25) is 0 Å². The normalized spacial score (nSPS) is 13.0. The van der Waals surface area contributed by atoms with Crippen LogP contribution in [-0.2, 0) is 4.74 Å². The molecule has 2 amide bonds. The smallest absolute Gasteiger partial charge is 0.337 e. The van der Waals surface area contributed by atoms with Gasteiger partial charge in [0.2, 0.25) is 0 Å². The van der Waals surface area contributed by atoms with Gasteiger partial charge in [0.15, 0.2) is 0 Å². The molecule has 0 saturated heterocycles. The van der Waals surface area contributed by atoms with Crippen LogP contribution in [0.4, 0.5) is 22.0 Å². The van der Waals surface area contributed by atoms with Crippen LogP contribution in [0.3, 0.4) is 0 Å². The highest BCUT2D eigenvalue weighted by atomic mass is 16.5. The Kier molecular flexibility index (Phi) is 4.60. The van der Waals surface area contributed by atoms with Gasteiger partial charge in [0.1, 0.15) is 5.82 Å². The van der Waals surface area contributed by atoms with Crippen molar-refractivity contribution in [1.29, 1.82) is 0 Å². The summed E-state index contributed by atoms with van der Waals surface area (Å²) in [7, 11) is 1.34. The van der Waals surface area contributed by atoms with Crippen LogP contribution >= 0.6 is 0 Å². The van der Waals surface area contributed by atoms with Crippen LogP contribution in [-0.4, -0.2) is 30.1 Å². The zero-order valence-electron chi connectivity index (χ0n) is 13.2. The van der Waals surface area contributed by atoms with Crippen LogP contribution in [0, 0.1) is 0 Å². The number of amides is 2. The molecule has 2 aromatic rings. The molecule has 0 unspecified atom stereocenters. The second-order valence-electron chi connectivity index (χ2n) is 5.50. The molecule has 1 fully saturated rings. The summed E-state index contributed by atoms with van der Waals surface area (Å²) >= 11 is 0. The summed E-state index contributed by atoms with van der Waals surface area (Å²) < 4.78 is 4.70. The van der Waals surface area contributed by atoms with E-state index in [4.69, 9.17) is 4.74 Å². The number of pyridine rings is 1. The molecule has 0 atom stereocenters. The van der Waals surface area contributed by atoms with Gasteiger partial charge in [-0.1, -0.05) is 6.07 Å². The second kappa shape index (κ2) is 6.99. The van der Waals surface area contributed by atoms with Crippen LogP contribution in [0.1, 0.15) is 23.2 Å². The number of nitrogens with one attached hydrogen (secondary N) is 3. The molecule has 1 aliphatic carbocycles. The molecule has 0 aliphatic heterocycles. The summed E-state index contributed by atoms with van der Waals surface area (Å²) in [6.07, 6.45) is 3.68. The molecule has 0 bridgehead atoms. The minimum absolute atomic E-state index is 0.239. The highest BCUT2D eigenvalue weighted by Gasteiger charge is 2.23. The first-order valence-electron chi connectivity index (χ1n) is 7.63. The standard InChI is InChI=1S/C17H18N4O3/c1-24-16(22)11-3-2-4-13(9-11)19-14-7-8-15(18-10-14)21-17(23)20-12-5-6-12/h2-4,7-10,12,19H,5-6H2,1H3,(H2,18,20,21,23). The predicted octanol–water partition coefficient (Wildman–Crippen LogP) is 2.90. The van der Waals surface area contributed by atoms with Crippen molar-refractivity contribution in [2.75, 3.05) is 17.7 Å². The average molecular weight is 326 g/mol. The Morgan fingerprint density at radius 1 is 1.17 bits per heavy atom. The van der Waals surface area contributed by atoms with Gasteiger partial charge in [-0.3, -0.25) is 5.32 Å². The number of hydrogen-bond donors (Lipinski definition) is 3. The van der Waals surface area contributed by atoms with E-state index in [0.717, 1.165) is 24.2 Å². The van der Waals surface area contributed by atoms with Gasteiger partial charge in [-0.2, -0.15) is 0 Å². The summed E-state index contributed by atoms with van der Waals surface area (Å²) in [5.41, 5.74) is 1.95. The van der Waals surface area contributed by atoms with Crippen LogP contribution in [0.25, 0.3) is 0 Å². The summed E-state index contributed by atoms with van der Waals surface area (Å²) in [4.78, 5) is 27.4. The lowest BCUT2D eigenvalue weighted by Crippen LogP contribution is -2.30. The number of methoxy groups -OCH3 is 1. The van der Waals surface area contributed by atoms with Gasteiger partial charge >= 0.3 is 12.0 Å². The monoisotopic (exact) mass is 326 g/mol. The van der Waals surface area contributed by atoms with E-state index in [1.54, 1.807) is 36.5 Å². The van der Waals surface area contributed by atoms with E-state index in [9.17, 15) is 9.59 Å². The van der Waals surface area contributed by atoms with Crippen molar-refractivity contribution in [2.24, 2.45) is 0 Å². The van der Waals surface area contributed by atoms with Gasteiger partial charge in [0, 0.05) is 11.7 Å². The molecule has 1 heterocycles. The molecular formula is C17H18N4O3. The third-order valence-corrected chi connectivity index (χ3v) is 3.49. The fourth-order valence-corrected chi connectivity index (χ4v) is 2.12. The average Bonchev–Trinajstić information content (AvgIpc) is 3.40. The van der Waals surface area contributed by atoms with Gasteiger partial charge in [0.05, 0.1) is 24.6 Å². The Bertz CT molecular complexity index is 742. The van der Waals surface area contributed by atoms with Gasteiger partial charge in [0.25, 0.3) is 0 Å². The molecule has 24 heavy (non-hydrogen) atoms. The summed E-state index contributed by atoms with van der Waals surface area (Å²) in [6, 6.07) is 10.5. The van der Waals surface area contributed by atoms with Gasteiger partial charge in [-0.15, -0.1) is 0 Å². The molecule has 0 spiro atoms. The van der Waals surface area contributed by atoms with Crippen LogP contribution in [0.15, 0.2) is 42.6 Å². The summed E-state index contributed by atoms with van der Waals surface area (Å²) in [5.74, 6) is 0.0833. The molecule has 1 aliphatic rings. The molecule has 0 radical (unpaired) electrons. The second-order valence-corrected chi connectivity index (χ2v) is 5.50. The Balaban J connectivity index is 1.61. The van der Waals surface area contributed by atoms with E-state index in [-0.39, 0.29) is 6.03 Å². The number of rotatable bonds is 5. The van der Waals surface area contributed by atoms with E-state index < -0.39 is 5.97 Å². The van der Waals surface area contributed by atoms with E-state index >= 15 is 0 Å².